The molecule has 2 fully saturated rings. The largest absolute Gasteiger partial charge is 0.482 e. The molecule has 0 bridgehead atoms. The number of anilines is 1. The van der Waals surface area contributed by atoms with E-state index in [1.165, 1.54) is 4.90 Å². The molecule has 3 aliphatic heterocycles. The van der Waals surface area contributed by atoms with Crippen LogP contribution in [0.15, 0.2) is 60.7 Å². The third kappa shape index (κ3) is 6.43. The van der Waals surface area contributed by atoms with E-state index in [-0.39, 0.29) is 35.4 Å². The molecule has 44 heavy (non-hydrogen) atoms. The first-order valence-corrected chi connectivity index (χ1v) is 16.0. The van der Waals surface area contributed by atoms with Crippen molar-refractivity contribution >= 4 is 46.6 Å². The molecule has 0 spiro atoms. The Morgan fingerprint density at radius 3 is 2.30 bits per heavy atom. The Morgan fingerprint density at radius 2 is 1.57 bits per heavy atom. The van der Waals surface area contributed by atoms with Gasteiger partial charge in [-0.05, 0) is 80.6 Å². The summed E-state index contributed by atoms with van der Waals surface area (Å²) in [7, 11) is 0. The lowest BCUT2D eigenvalue weighted by Crippen LogP contribution is -2.52. The first kappa shape index (κ1) is 30.4. The fraction of sp³-hybridized carbons (Fsp3) is 0.382. The van der Waals surface area contributed by atoms with E-state index in [1.807, 2.05) is 53.4 Å². The number of carbonyl (C=O) groups excluding carboxylic acids is 3. The van der Waals surface area contributed by atoms with Crippen molar-refractivity contribution in [3.8, 4) is 16.9 Å². The molecule has 2 atom stereocenters. The number of nitrogens with one attached hydrogen (secondary N) is 1. The third-order valence-corrected chi connectivity index (χ3v) is 9.48. The predicted molar refractivity (Wildman–Crippen MR) is 172 cm³/mol. The van der Waals surface area contributed by atoms with Crippen LogP contribution in [0.4, 0.5) is 5.69 Å². The van der Waals surface area contributed by atoms with Crippen molar-refractivity contribution in [2.45, 2.75) is 44.7 Å². The van der Waals surface area contributed by atoms with E-state index in [0.29, 0.717) is 28.6 Å². The number of halogens is 2. The molecule has 0 aromatic heterocycles. The second-order valence-corrected chi connectivity index (χ2v) is 12.5. The highest BCUT2D eigenvalue weighted by molar-refractivity contribution is 6.42. The molecule has 230 valence electrons. The Hall–Kier alpha value is -3.59. The summed E-state index contributed by atoms with van der Waals surface area (Å²) < 4.78 is 5.57. The van der Waals surface area contributed by atoms with E-state index in [1.54, 1.807) is 19.1 Å². The smallest absolute Gasteiger partial charge is 0.265 e. The molecule has 8 nitrogen and oxygen atoms in total. The van der Waals surface area contributed by atoms with Crippen molar-refractivity contribution in [1.82, 2.24) is 15.1 Å². The van der Waals surface area contributed by atoms with Crippen LogP contribution in [0.2, 0.25) is 10.0 Å². The van der Waals surface area contributed by atoms with Gasteiger partial charge in [-0.3, -0.25) is 19.3 Å². The number of carbonyl (C=O) groups is 3. The summed E-state index contributed by atoms with van der Waals surface area (Å²) in [5, 5.41) is 3.82. The highest BCUT2D eigenvalue weighted by Crippen LogP contribution is 2.39. The SMILES string of the molecule is CC(C(=O)NC(CN1CCCC1)c1ccc(-c2cccc(C(=O)N3CCCC3)c2)cc1)N1C(=O)COc2cc(Cl)c(Cl)cc21. The van der Waals surface area contributed by atoms with Crippen molar-refractivity contribution in [3.63, 3.8) is 0 Å². The summed E-state index contributed by atoms with van der Waals surface area (Å²) in [6, 6.07) is 18.0. The van der Waals surface area contributed by atoms with Gasteiger partial charge in [0.2, 0.25) is 5.91 Å². The minimum absolute atomic E-state index is 0.0789. The standard InChI is InChI=1S/C34H36Cl2N4O4/c1-22(40-30-18-27(35)28(36)19-31(30)44-21-32(40)41)33(42)37-29(20-38-13-2-3-14-38)24-11-9-23(10-12-24)25-7-6-8-26(17-25)34(43)39-15-4-5-16-39/h6-12,17-19,22,29H,2-5,13-16,20-21H2,1H3,(H,37,42). The second kappa shape index (κ2) is 13.2. The number of ether oxygens (including phenoxy) is 1. The molecule has 3 heterocycles. The molecule has 0 aliphatic carbocycles. The number of rotatable bonds is 8. The molecule has 10 heteroatoms. The van der Waals surface area contributed by atoms with Crippen LogP contribution < -0.4 is 15.0 Å². The van der Waals surface area contributed by atoms with Crippen LogP contribution in [0.1, 0.15) is 54.6 Å². The lowest BCUT2D eigenvalue weighted by atomic mass is 9.98. The van der Waals surface area contributed by atoms with Gasteiger partial charge in [-0.1, -0.05) is 59.6 Å². The molecular formula is C34H36Cl2N4O4. The maximum absolute atomic E-state index is 13.7. The van der Waals surface area contributed by atoms with Crippen LogP contribution in [-0.4, -0.2) is 72.9 Å². The lowest BCUT2D eigenvalue weighted by molar-refractivity contribution is -0.128. The summed E-state index contributed by atoms with van der Waals surface area (Å²) in [6.07, 6.45) is 4.37. The van der Waals surface area contributed by atoms with Gasteiger partial charge in [-0.25, -0.2) is 0 Å². The van der Waals surface area contributed by atoms with Gasteiger partial charge in [-0.15, -0.1) is 0 Å². The van der Waals surface area contributed by atoms with Crippen molar-refractivity contribution < 1.29 is 19.1 Å². The minimum Gasteiger partial charge on any atom is -0.482 e. The highest BCUT2D eigenvalue weighted by Gasteiger charge is 2.35. The molecule has 1 N–H and O–H groups in total. The summed E-state index contributed by atoms with van der Waals surface area (Å²) in [5.74, 6) is -0.118. The Morgan fingerprint density at radius 1 is 0.886 bits per heavy atom. The summed E-state index contributed by atoms with van der Waals surface area (Å²) >= 11 is 12.4. The average Bonchev–Trinajstić information content (AvgIpc) is 3.76. The van der Waals surface area contributed by atoms with Crippen LogP contribution in [-0.2, 0) is 9.59 Å². The zero-order valence-corrected chi connectivity index (χ0v) is 26.2. The molecule has 2 unspecified atom stereocenters. The Balaban J connectivity index is 1.22. The Labute approximate surface area is 267 Å². The van der Waals surface area contributed by atoms with Crippen LogP contribution in [0.3, 0.4) is 0 Å². The summed E-state index contributed by atoms with van der Waals surface area (Å²) in [5.41, 5.74) is 4.05. The lowest BCUT2D eigenvalue weighted by Gasteiger charge is -2.34. The fourth-order valence-corrected chi connectivity index (χ4v) is 6.61. The van der Waals surface area contributed by atoms with Crippen molar-refractivity contribution in [1.29, 1.82) is 0 Å². The fourth-order valence-electron chi connectivity index (χ4n) is 6.30. The van der Waals surface area contributed by atoms with E-state index in [9.17, 15) is 14.4 Å². The molecule has 6 rings (SSSR count). The molecule has 2 saturated heterocycles. The number of nitrogens with zero attached hydrogens (tertiary/aromatic N) is 3. The van der Waals surface area contributed by atoms with Gasteiger partial charge < -0.3 is 19.9 Å². The van der Waals surface area contributed by atoms with Crippen LogP contribution >= 0.6 is 23.2 Å². The number of hydrogen-bond donors (Lipinski definition) is 1. The maximum Gasteiger partial charge on any atom is 0.265 e. The van der Waals surface area contributed by atoms with E-state index >= 15 is 0 Å². The quantitative estimate of drug-likeness (QED) is 0.330. The third-order valence-electron chi connectivity index (χ3n) is 8.75. The van der Waals surface area contributed by atoms with Gasteiger partial charge in [0, 0.05) is 31.3 Å². The van der Waals surface area contributed by atoms with Gasteiger partial charge in [-0.2, -0.15) is 0 Å². The van der Waals surface area contributed by atoms with E-state index in [4.69, 9.17) is 27.9 Å². The van der Waals surface area contributed by atoms with Crippen molar-refractivity contribution in [2.24, 2.45) is 0 Å². The summed E-state index contributed by atoms with van der Waals surface area (Å²) in [6.45, 7) is 5.76. The van der Waals surface area contributed by atoms with Gasteiger partial charge in [0.05, 0.1) is 21.8 Å². The Kier molecular flexibility index (Phi) is 9.12. The molecule has 3 aromatic carbocycles. The average molecular weight is 636 g/mol. The number of fused-ring (bicyclic) bond motifs is 1. The summed E-state index contributed by atoms with van der Waals surface area (Å²) in [4.78, 5) is 45.4. The first-order chi connectivity index (χ1) is 21.3. The Bertz CT molecular complexity index is 1550. The molecule has 3 amide bonds. The number of hydrogen-bond acceptors (Lipinski definition) is 5. The first-order valence-electron chi connectivity index (χ1n) is 15.2. The number of benzene rings is 3. The second-order valence-electron chi connectivity index (χ2n) is 11.7. The predicted octanol–water partition coefficient (Wildman–Crippen LogP) is 5.96. The van der Waals surface area contributed by atoms with Crippen molar-refractivity contribution in [3.05, 3.63) is 81.8 Å². The maximum atomic E-state index is 13.7. The highest BCUT2D eigenvalue weighted by atomic mass is 35.5. The van der Waals surface area contributed by atoms with Crippen LogP contribution in [0.25, 0.3) is 11.1 Å². The van der Waals surface area contributed by atoms with Gasteiger partial charge in [0.1, 0.15) is 11.8 Å². The van der Waals surface area contributed by atoms with E-state index in [2.05, 4.69) is 10.2 Å². The number of likely N-dealkylation sites (tertiary alicyclic amines) is 2. The van der Waals surface area contributed by atoms with E-state index < -0.39 is 6.04 Å². The van der Waals surface area contributed by atoms with Gasteiger partial charge in [0.15, 0.2) is 6.61 Å². The zero-order valence-electron chi connectivity index (χ0n) is 24.7. The van der Waals surface area contributed by atoms with Crippen LogP contribution in [0, 0.1) is 0 Å². The minimum atomic E-state index is -0.807. The normalized spacial score (nSPS) is 18.1. The molecule has 3 aliphatic rings. The monoisotopic (exact) mass is 634 g/mol. The molecule has 0 saturated carbocycles. The van der Waals surface area contributed by atoms with Gasteiger partial charge in [0.25, 0.3) is 11.8 Å². The zero-order chi connectivity index (χ0) is 30.8. The topological polar surface area (TPSA) is 82.2 Å². The van der Waals surface area contributed by atoms with E-state index in [0.717, 1.165) is 68.6 Å². The van der Waals surface area contributed by atoms with Gasteiger partial charge >= 0.3 is 0 Å². The molecule has 3 aromatic rings. The number of amides is 3. The van der Waals surface area contributed by atoms with Crippen LogP contribution in [0.5, 0.6) is 5.75 Å². The molecule has 0 radical (unpaired) electrons. The molecular weight excluding hydrogens is 599 g/mol. The van der Waals surface area contributed by atoms with Crippen molar-refractivity contribution in [2.75, 3.05) is 44.2 Å².